The van der Waals surface area contributed by atoms with Crippen molar-refractivity contribution in [3.8, 4) is 0 Å². The van der Waals surface area contributed by atoms with Gasteiger partial charge in [0, 0.05) is 24.0 Å². The molecule has 1 aliphatic heterocycles. The second kappa shape index (κ2) is 6.71. The van der Waals surface area contributed by atoms with Crippen LogP contribution in [0.5, 0.6) is 0 Å². The van der Waals surface area contributed by atoms with E-state index < -0.39 is 11.5 Å². The number of aryl methyl sites for hydroxylation is 1. The number of carbonyl (C=O) groups is 1. The molecule has 0 saturated heterocycles. The smallest absolute Gasteiger partial charge is 0.312 e. The monoisotopic (exact) mass is 336 g/mol. The second-order valence-corrected chi connectivity index (χ2v) is 6.80. The van der Waals surface area contributed by atoms with E-state index in [0.717, 1.165) is 16.8 Å². The Balaban J connectivity index is 2.19. The lowest BCUT2D eigenvalue weighted by atomic mass is 9.68. The van der Waals surface area contributed by atoms with Crippen molar-refractivity contribution in [2.24, 2.45) is 5.92 Å². The number of rotatable bonds is 3. The standard InChI is InChI=1S/C21H24N2O2/c1-14-8-5-6-10-17(14)18-12-15(2)23-21(3,19(18)20(24)25-4)16-9-7-11-22-13-16/h5-13,18-19,23H,1-4H3. The Labute approximate surface area is 148 Å². The quantitative estimate of drug-likeness (QED) is 0.869. The first-order valence-electron chi connectivity index (χ1n) is 8.48. The molecule has 4 heteroatoms. The van der Waals surface area contributed by atoms with Gasteiger partial charge in [-0.3, -0.25) is 9.78 Å². The molecule has 0 saturated carbocycles. The third-order valence-corrected chi connectivity index (χ3v) is 5.13. The van der Waals surface area contributed by atoms with Gasteiger partial charge in [-0.2, -0.15) is 0 Å². The van der Waals surface area contributed by atoms with Crippen molar-refractivity contribution in [2.45, 2.75) is 32.2 Å². The summed E-state index contributed by atoms with van der Waals surface area (Å²) in [6.07, 6.45) is 5.68. The van der Waals surface area contributed by atoms with Crippen molar-refractivity contribution >= 4 is 5.97 Å². The predicted molar refractivity (Wildman–Crippen MR) is 97.9 cm³/mol. The van der Waals surface area contributed by atoms with Crippen molar-refractivity contribution in [3.05, 3.63) is 77.3 Å². The zero-order valence-electron chi connectivity index (χ0n) is 15.1. The fourth-order valence-electron chi connectivity index (χ4n) is 3.91. The number of benzene rings is 1. The van der Waals surface area contributed by atoms with Crippen LogP contribution in [0.1, 0.15) is 36.5 Å². The highest BCUT2D eigenvalue weighted by atomic mass is 16.5. The minimum atomic E-state index is -0.604. The maximum Gasteiger partial charge on any atom is 0.312 e. The molecule has 4 nitrogen and oxygen atoms in total. The van der Waals surface area contributed by atoms with Crippen LogP contribution in [0.3, 0.4) is 0 Å². The number of hydrogen-bond acceptors (Lipinski definition) is 4. The van der Waals surface area contributed by atoms with Gasteiger partial charge in [-0.05, 0) is 43.5 Å². The van der Waals surface area contributed by atoms with Crippen LogP contribution in [0.15, 0.2) is 60.6 Å². The average Bonchev–Trinajstić information content (AvgIpc) is 2.61. The summed E-state index contributed by atoms with van der Waals surface area (Å²) >= 11 is 0. The fourth-order valence-corrected chi connectivity index (χ4v) is 3.91. The van der Waals surface area contributed by atoms with Crippen molar-refractivity contribution in [2.75, 3.05) is 7.11 Å². The molecule has 1 aromatic heterocycles. The summed E-state index contributed by atoms with van der Waals surface area (Å²) in [5.41, 5.74) is 3.72. The fraction of sp³-hybridized carbons (Fsp3) is 0.333. The highest BCUT2D eigenvalue weighted by molar-refractivity contribution is 5.77. The predicted octanol–water partition coefficient (Wildman–Crippen LogP) is 3.69. The first-order valence-corrected chi connectivity index (χ1v) is 8.48. The van der Waals surface area contributed by atoms with E-state index in [4.69, 9.17) is 4.74 Å². The van der Waals surface area contributed by atoms with Gasteiger partial charge in [0.25, 0.3) is 0 Å². The molecule has 3 atom stereocenters. The van der Waals surface area contributed by atoms with Crippen molar-refractivity contribution in [1.82, 2.24) is 10.3 Å². The molecule has 25 heavy (non-hydrogen) atoms. The van der Waals surface area contributed by atoms with Crippen molar-refractivity contribution < 1.29 is 9.53 Å². The van der Waals surface area contributed by atoms with Crippen LogP contribution in [0.2, 0.25) is 0 Å². The Morgan fingerprint density at radius 2 is 1.96 bits per heavy atom. The first-order chi connectivity index (χ1) is 12.0. The number of ether oxygens (including phenoxy) is 1. The van der Waals surface area contributed by atoms with E-state index in [9.17, 15) is 4.79 Å². The van der Waals surface area contributed by atoms with Gasteiger partial charge in [0.15, 0.2) is 0 Å². The van der Waals surface area contributed by atoms with E-state index in [-0.39, 0.29) is 11.9 Å². The van der Waals surface area contributed by atoms with Crippen molar-refractivity contribution in [1.29, 1.82) is 0 Å². The minimum absolute atomic E-state index is 0.0693. The summed E-state index contributed by atoms with van der Waals surface area (Å²) in [7, 11) is 1.45. The third-order valence-electron chi connectivity index (χ3n) is 5.13. The van der Waals surface area contributed by atoms with E-state index in [1.54, 1.807) is 6.20 Å². The molecule has 130 valence electrons. The van der Waals surface area contributed by atoms with Gasteiger partial charge in [-0.1, -0.05) is 36.4 Å². The molecule has 2 aromatic rings. The molecule has 1 aromatic carbocycles. The van der Waals surface area contributed by atoms with E-state index >= 15 is 0 Å². The number of aromatic nitrogens is 1. The van der Waals surface area contributed by atoms with Gasteiger partial charge < -0.3 is 10.1 Å². The maximum absolute atomic E-state index is 12.8. The maximum atomic E-state index is 12.8. The van der Waals surface area contributed by atoms with Crippen LogP contribution < -0.4 is 5.32 Å². The minimum Gasteiger partial charge on any atom is -0.469 e. The van der Waals surface area contributed by atoms with Crippen LogP contribution in [0.4, 0.5) is 0 Å². The number of methoxy groups -OCH3 is 1. The lowest BCUT2D eigenvalue weighted by Crippen LogP contribution is -2.53. The molecular weight excluding hydrogens is 312 g/mol. The van der Waals surface area contributed by atoms with Gasteiger partial charge in [0.1, 0.15) is 0 Å². The van der Waals surface area contributed by atoms with E-state index in [1.807, 2.05) is 44.3 Å². The topological polar surface area (TPSA) is 51.2 Å². The largest absolute Gasteiger partial charge is 0.469 e. The summed E-state index contributed by atoms with van der Waals surface area (Å²) in [4.78, 5) is 17.1. The average molecular weight is 336 g/mol. The third kappa shape index (κ3) is 3.04. The number of hydrogen-bond donors (Lipinski definition) is 1. The highest BCUT2D eigenvalue weighted by Crippen LogP contribution is 2.45. The summed E-state index contributed by atoms with van der Waals surface area (Å²) in [6.45, 7) is 6.16. The van der Waals surface area contributed by atoms with Gasteiger partial charge in [0.2, 0.25) is 0 Å². The van der Waals surface area contributed by atoms with E-state index in [2.05, 4.69) is 35.4 Å². The zero-order chi connectivity index (χ0) is 18.0. The molecule has 0 spiro atoms. The summed E-state index contributed by atoms with van der Waals surface area (Å²) in [5.74, 6) is -0.692. The molecule has 3 unspecified atom stereocenters. The second-order valence-electron chi connectivity index (χ2n) is 6.80. The summed E-state index contributed by atoms with van der Waals surface area (Å²) < 4.78 is 5.20. The van der Waals surface area contributed by atoms with E-state index in [0.29, 0.717) is 0 Å². The summed E-state index contributed by atoms with van der Waals surface area (Å²) in [5, 5.41) is 3.51. The molecule has 0 amide bonds. The molecule has 1 aliphatic rings. The number of nitrogens with one attached hydrogen (secondary N) is 1. The number of nitrogens with zero attached hydrogens (tertiary/aromatic N) is 1. The van der Waals surface area contributed by atoms with E-state index in [1.165, 1.54) is 12.7 Å². The normalized spacial score (nSPS) is 25.7. The Morgan fingerprint density at radius 1 is 1.20 bits per heavy atom. The van der Waals surface area contributed by atoms with Gasteiger partial charge in [0.05, 0.1) is 18.6 Å². The molecule has 1 N–H and O–H groups in total. The highest BCUT2D eigenvalue weighted by Gasteiger charge is 2.48. The number of carbonyl (C=O) groups excluding carboxylic acids is 1. The van der Waals surface area contributed by atoms with Crippen LogP contribution in [0, 0.1) is 12.8 Å². The number of pyridine rings is 1. The van der Waals surface area contributed by atoms with Crippen molar-refractivity contribution in [3.63, 3.8) is 0 Å². The Bertz CT molecular complexity index is 801. The number of esters is 1. The lowest BCUT2D eigenvalue weighted by Gasteiger charge is -2.45. The molecule has 0 bridgehead atoms. The molecule has 0 radical (unpaired) electrons. The zero-order valence-corrected chi connectivity index (χ0v) is 15.1. The Morgan fingerprint density at radius 3 is 2.60 bits per heavy atom. The molecule has 2 heterocycles. The Kier molecular flexibility index (Phi) is 4.62. The molecular formula is C21H24N2O2. The van der Waals surface area contributed by atoms with Crippen LogP contribution >= 0.6 is 0 Å². The lowest BCUT2D eigenvalue weighted by molar-refractivity contribution is -0.149. The Hall–Kier alpha value is -2.62. The molecule has 3 rings (SSSR count). The van der Waals surface area contributed by atoms with Gasteiger partial charge in [-0.15, -0.1) is 0 Å². The number of allylic oxidation sites excluding steroid dienone is 2. The first kappa shape index (κ1) is 17.2. The summed E-state index contributed by atoms with van der Waals surface area (Å²) in [6, 6.07) is 12.1. The van der Waals surface area contributed by atoms with Crippen LogP contribution in [-0.2, 0) is 15.1 Å². The van der Waals surface area contributed by atoms with Gasteiger partial charge >= 0.3 is 5.97 Å². The molecule has 0 fully saturated rings. The van der Waals surface area contributed by atoms with Gasteiger partial charge in [-0.25, -0.2) is 0 Å². The SMILES string of the molecule is COC(=O)C1C(c2ccccc2C)C=C(C)NC1(C)c1cccnc1. The molecule has 0 aliphatic carbocycles. The van der Waals surface area contributed by atoms with Crippen LogP contribution in [0.25, 0.3) is 0 Å². The van der Waals surface area contributed by atoms with Crippen LogP contribution in [-0.4, -0.2) is 18.1 Å².